The molecule has 0 radical (unpaired) electrons. The van der Waals surface area contributed by atoms with Crippen LogP contribution in [0.5, 0.6) is 0 Å². The maximum absolute atomic E-state index is 16.7. The van der Waals surface area contributed by atoms with Crippen LogP contribution in [0.2, 0.25) is 0 Å². The third-order valence-corrected chi connectivity index (χ3v) is 7.54. The molecule has 1 fully saturated rings. The van der Waals surface area contributed by atoms with Crippen LogP contribution >= 0.6 is 0 Å². The number of fused-ring (bicyclic) bond motifs is 1. The van der Waals surface area contributed by atoms with Crippen LogP contribution < -0.4 is 5.32 Å². The number of anilines is 1. The van der Waals surface area contributed by atoms with Crippen molar-refractivity contribution in [1.29, 1.82) is 5.26 Å². The normalized spacial score (nSPS) is 18.3. The first-order valence-electron chi connectivity index (χ1n) is 17.3. The van der Waals surface area contributed by atoms with E-state index in [1.165, 1.54) is 26.0 Å². The molecule has 1 aromatic carbocycles. The highest BCUT2D eigenvalue weighted by Crippen LogP contribution is 2.38. The van der Waals surface area contributed by atoms with Gasteiger partial charge in [0.15, 0.2) is 35.5 Å². The number of nitriles is 1. The smallest absolute Gasteiger partial charge is 0.463 e. The standard InChI is InChI=1S/C35H42FN9O11/c1-9-50-28(46)35(29(47)51-10-2,15-19-12-11-13-20(14-19)16-37)52-17-21-24(54-32(49)56-34(6,7)8)22(36)27(53-21)45-18-39-23-25(41-31(48)55-33(3,4)5)40-30(43-44-38)42-26(23)45/h11-14,18,21-22,24,27H,9-10,15,17H2,1-8H3,(H,40,41,42,48)/t21-,22+,24-,27-/m1/s1. The van der Waals surface area contributed by atoms with Gasteiger partial charge in [0.2, 0.25) is 5.95 Å². The minimum Gasteiger partial charge on any atom is -0.463 e. The van der Waals surface area contributed by atoms with Gasteiger partial charge in [-0.15, -0.1) is 0 Å². The lowest BCUT2D eigenvalue weighted by atomic mass is 9.93. The van der Waals surface area contributed by atoms with Crippen molar-refractivity contribution >= 4 is 47.1 Å². The summed E-state index contributed by atoms with van der Waals surface area (Å²) in [4.78, 5) is 68.0. The van der Waals surface area contributed by atoms with Crippen LogP contribution in [0.25, 0.3) is 21.6 Å². The Labute approximate surface area is 320 Å². The van der Waals surface area contributed by atoms with E-state index in [0.29, 0.717) is 5.56 Å². The second-order valence-corrected chi connectivity index (χ2v) is 14.1. The second-order valence-electron chi connectivity index (χ2n) is 14.1. The molecule has 1 saturated heterocycles. The van der Waals surface area contributed by atoms with E-state index in [-0.39, 0.29) is 35.8 Å². The van der Waals surface area contributed by atoms with E-state index in [1.807, 2.05) is 6.07 Å². The van der Waals surface area contributed by atoms with Crippen LogP contribution in [0, 0.1) is 11.3 Å². The highest BCUT2D eigenvalue weighted by molar-refractivity contribution is 6.04. The van der Waals surface area contributed by atoms with E-state index < -0.39 is 84.6 Å². The van der Waals surface area contributed by atoms with E-state index >= 15 is 4.39 Å². The van der Waals surface area contributed by atoms with Crippen LogP contribution in [0.3, 0.4) is 0 Å². The first-order chi connectivity index (χ1) is 26.3. The number of aromatic nitrogens is 4. The predicted molar refractivity (Wildman–Crippen MR) is 191 cm³/mol. The molecule has 0 saturated carbocycles. The molecule has 3 aromatic rings. The zero-order chi connectivity index (χ0) is 41.4. The number of ether oxygens (including phenoxy) is 7. The highest BCUT2D eigenvalue weighted by Gasteiger charge is 2.55. The number of esters is 2. The number of hydrogen-bond acceptors (Lipinski definition) is 16. The average molecular weight is 784 g/mol. The number of halogens is 1. The Morgan fingerprint density at radius 1 is 1.05 bits per heavy atom. The predicted octanol–water partition coefficient (Wildman–Crippen LogP) is 5.67. The van der Waals surface area contributed by atoms with Crippen LogP contribution in [-0.2, 0) is 49.2 Å². The molecule has 300 valence electrons. The SMILES string of the molecule is CCOC(=O)C(Cc1cccc(C#N)c1)(OC[C@H]1O[C@@H](n2cnc3c(NC(=O)OC(C)(C)C)nc(N=[N+]=[N-])nc32)[C@@H](F)[C@@H]1OC(=O)OC(C)(C)C)C(=O)OCC. The minimum absolute atomic E-state index is 0.101. The van der Waals surface area contributed by atoms with Crippen molar-refractivity contribution in [2.75, 3.05) is 25.1 Å². The van der Waals surface area contributed by atoms with Gasteiger partial charge in [0.05, 0.1) is 37.8 Å². The molecule has 1 N–H and O–H groups in total. The van der Waals surface area contributed by atoms with Crippen molar-refractivity contribution in [3.63, 3.8) is 0 Å². The summed E-state index contributed by atoms with van der Waals surface area (Å²) < 4.78 is 56.5. The third-order valence-electron chi connectivity index (χ3n) is 7.54. The van der Waals surface area contributed by atoms with Gasteiger partial charge in [-0.25, -0.2) is 38.5 Å². The van der Waals surface area contributed by atoms with Crippen molar-refractivity contribution in [2.24, 2.45) is 5.11 Å². The summed E-state index contributed by atoms with van der Waals surface area (Å²) in [5.74, 6) is -3.04. The fraction of sp³-hybridized carbons (Fsp3) is 0.543. The Morgan fingerprint density at radius 2 is 1.71 bits per heavy atom. The van der Waals surface area contributed by atoms with Crippen LogP contribution in [0.4, 0.5) is 25.7 Å². The molecule has 2 aromatic heterocycles. The molecule has 1 aliphatic heterocycles. The maximum atomic E-state index is 16.7. The average Bonchev–Trinajstić information content (AvgIpc) is 3.65. The lowest BCUT2D eigenvalue weighted by Gasteiger charge is -2.31. The number of imidazole rings is 1. The number of carbonyl (C=O) groups excluding carboxylic acids is 4. The van der Waals surface area contributed by atoms with Crippen molar-refractivity contribution < 1.29 is 56.7 Å². The first-order valence-corrected chi connectivity index (χ1v) is 17.3. The summed E-state index contributed by atoms with van der Waals surface area (Å²) >= 11 is 0. The van der Waals surface area contributed by atoms with E-state index in [2.05, 4.69) is 30.3 Å². The number of azide groups is 1. The molecular formula is C35H42FN9O11. The Kier molecular flexibility index (Phi) is 13.4. The molecule has 0 unspecified atom stereocenters. The summed E-state index contributed by atoms with van der Waals surface area (Å²) in [6.45, 7) is 11.5. The molecule has 0 spiro atoms. The monoisotopic (exact) mass is 783 g/mol. The summed E-state index contributed by atoms with van der Waals surface area (Å²) in [6, 6.07) is 8.03. The van der Waals surface area contributed by atoms with Crippen molar-refractivity contribution in [1.82, 2.24) is 19.5 Å². The molecule has 0 bridgehead atoms. The largest absolute Gasteiger partial charge is 0.509 e. The van der Waals surface area contributed by atoms with E-state index in [4.69, 9.17) is 38.7 Å². The summed E-state index contributed by atoms with van der Waals surface area (Å²) in [5, 5.41) is 15.3. The summed E-state index contributed by atoms with van der Waals surface area (Å²) in [6.07, 6.45) is -8.92. The Hall–Kier alpha value is -6.10. The number of nitrogens with zero attached hydrogens (tertiary/aromatic N) is 8. The molecule has 56 heavy (non-hydrogen) atoms. The number of nitrogens with one attached hydrogen (secondary N) is 1. The van der Waals surface area contributed by atoms with E-state index in [1.54, 1.807) is 53.7 Å². The van der Waals surface area contributed by atoms with E-state index in [0.717, 1.165) is 10.9 Å². The topological polar surface area (TPSA) is 261 Å². The maximum Gasteiger partial charge on any atom is 0.509 e. The lowest BCUT2D eigenvalue weighted by molar-refractivity contribution is -0.197. The number of amides is 1. The van der Waals surface area contributed by atoms with Gasteiger partial charge in [0.1, 0.15) is 17.3 Å². The van der Waals surface area contributed by atoms with Crippen LogP contribution in [0.15, 0.2) is 35.7 Å². The van der Waals surface area contributed by atoms with Gasteiger partial charge in [0.25, 0.3) is 5.60 Å². The number of hydrogen-bond donors (Lipinski definition) is 1. The fourth-order valence-electron chi connectivity index (χ4n) is 5.40. The lowest BCUT2D eigenvalue weighted by Crippen LogP contribution is -2.54. The number of alkyl halides is 1. The highest BCUT2D eigenvalue weighted by atomic mass is 19.1. The van der Waals surface area contributed by atoms with Crippen molar-refractivity contribution in [2.45, 2.75) is 103 Å². The van der Waals surface area contributed by atoms with Crippen LogP contribution in [-0.4, -0.2) is 98.7 Å². The second kappa shape index (κ2) is 17.6. The van der Waals surface area contributed by atoms with Gasteiger partial charge < -0.3 is 33.2 Å². The van der Waals surface area contributed by atoms with Gasteiger partial charge in [-0.3, -0.25) is 9.88 Å². The molecular weight excluding hydrogens is 741 g/mol. The van der Waals surface area contributed by atoms with Crippen LogP contribution in [0.1, 0.15) is 72.7 Å². The molecule has 3 heterocycles. The van der Waals surface area contributed by atoms with Crippen molar-refractivity contribution in [3.05, 3.63) is 52.2 Å². The third kappa shape index (κ3) is 10.3. The van der Waals surface area contributed by atoms with Crippen molar-refractivity contribution in [3.8, 4) is 6.07 Å². The fourth-order valence-corrected chi connectivity index (χ4v) is 5.40. The Morgan fingerprint density at radius 3 is 2.30 bits per heavy atom. The molecule has 1 amide bonds. The number of rotatable bonds is 13. The van der Waals surface area contributed by atoms with Gasteiger partial charge in [-0.05, 0) is 83.7 Å². The number of benzene rings is 1. The molecule has 1 aliphatic rings. The molecule has 4 rings (SSSR count). The van der Waals surface area contributed by atoms with Gasteiger partial charge in [-0.2, -0.15) is 5.26 Å². The van der Waals surface area contributed by atoms with Gasteiger partial charge in [0, 0.05) is 11.3 Å². The zero-order valence-electron chi connectivity index (χ0n) is 32.0. The Balaban J connectivity index is 1.79. The van der Waals surface area contributed by atoms with E-state index in [9.17, 15) is 24.4 Å². The summed E-state index contributed by atoms with van der Waals surface area (Å²) in [5.41, 5.74) is 4.90. The zero-order valence-corrected chi connectivity index (χ0v) is 32.0. The van der Waals surface area contributed by atoms with Gasteiger partial charge in [-0.1, -0.05) is 12.1 Å². The minimum atomic E-state index is -2.51. The Bertz CT molecular complexity index is 2010. The molecule has 20 nitrogen and oxygen atoms in total. The molecule has 4 atom stereocenters. The quantitative estimate of drug-likeness (QED) is 0.0547. The van der Waals surface area contributed by atoms with Gasteiger partial charge >= 0.3 is 24.2 Å². The number of carbonyl (C=O) groups is 4. The molecule has 21 heteroatoms. The molecule has 0 aliphatic carbocycles. The first kappa shape index (κ1) is 42.6. The summed E-state index contributed by atoms with van der Waals surface area (Å²) in [7, 11) is 0.